The van der Waals surface area contributed by atoms with Crippen LogP contribution in [0.1, 0.15) is 25.7 Å². The molecular formula is C11H15ClN2O2. The van der Waals surface area contributed by atoms with Crippen LogP contribution in [-0.2, 0) is 4.74 Å². The van der Waals surface area contributed by atoms with Gasteiger partial charge in [0.15, 0.2) is 0 Å². The average Bonchev–Trinajstić information content (AvgIpc) is 2.29. The van der Waals surface area contributed by atoms with Gasteiger partial charge in [-0.15, -0.1) is 0 Å². The second-order valence-electron chi connectivity index (χ2n) is 3.93. The first-order valence-electron chi connectivity index (χ1n) is 5.46. The van der Waals surface area contributed by atoms with E-state index in [0.717, 1.165) is 25.7 Å². The van der Waals surface area contributed by atoms with Gasteiger partial charge in [-0.1, -0.05) is 0 Å². The van der Waals surface area contributed by atoms with Crippen LogP contribution in [0.4, 0.5) is 0 Å². The minimum Gasteiger partial charge on any atom is -0.474 e. The first-order chi connectivity index (χ1) is 7.78. The van der Waals surface area contributed by atoms with Crippen molar-refractivity contribution in [3.05, 3.63) is 17.5 Å². The lowest BCUT2D eigenvalue weighted by molar-refractivity contribution is 0.0195. The highest BCUT2D eigenvalue weighted by Gasteiger charge is 2.23. The lowest BCUT2D eigenvalue weighted by Crippen LogP contribution is -2.29. The average molecular weight is 243 g/mol. The fraction of sp³-hybridized carbons (Fsp3) is 0.636. The van der Waals surface area contributed by atoms with E-state index in [1.54, 1.807) is 19.4 Å². The van der Waals surface area contributed by atoms with Crippen LogP contribution in [0.5, 0.6) is 5.88 Å². The van der Waals surface area contributed by atoms with E-state index < -0.39 is 0 Å². The zero-order valence-corrected chi connectivity index (χ0v) is 9.98. The molecule has 1 saturated carbocycles. The Balaban J connectivity index is 1.94. The van der Waals surface area contributed by atoms with Crippen molar-refractivity contribution >= 4 is 11.6 Å². The van der Waals surface area contributed by atoms with Crippen LogP contribution in [0.25, 0.3) is 0 Å². The molecule has 16 heavy (non-hydrogen) atoms. The molecule has 0 spiro atoms. The topological polar surface area (TPSA) is 44.2 Å². The third-order valence-corrected chi connectivity index (χ3v) is 2.98. The van der Waals surface area contributed by atoms with Gasteiger partial charge in [0.1, 0.15) is 6.10 Å². The molecular weight excluding hydrogens is 228 g/mol. The Morgan fingerprint density at radius 3 is 2.94 bits per heavy atom. The van der Waals surface area contributed by atoms with E-state index in [-0.39, 0.29) is 11.4 Å². The largest absolute Gasteiger partial charge is 0.474 e. The second kappa shape index (κ2) is 5.46. The molecule has 1 fully saturated rings. The first kappa shape index (κ1) is 11.6. The van der Waals surface area contributed by atoms with E-state index in [1.807, 2.05) is 0 Å². The first-order valence-corrected chi connectivity index (χ1v) is 5.83. The number of methoxy groups -OCH3 is 1. The van der Waals surface area contributed by atoms with Gasteiger partial charge in [0.05, 0.1) is 6.10 Å². The summed E-state index contributed by atoms with van der Waals surface area (Å²) in [7, 11) is 1.74. The van der Waals surface area contributed by atoms with Crippen LogP contribution in [0.15, 0.2) is 12.3 Å². The molecule has 0 saturated heterocycles. The molecule has 0 radical (unpaired) electrons. The molecule has 88 valence electrons. The van der Waals surface area contributed by atoms with Crippen LogP contribution in [0.2, 0.25) is 5.28 Å². The summed E-state index contributed by atoms with van der Waals surface area (Å²) in [6.45, 7) is 0. The molecule has 1 aromatic rings. The third kappa shape index (κ3) is 3.06. The fourth-order valence-corrected chi connectivity index (χ4v) is 2.12. The predicted molar refractivity (Wildman–Crippen MR) is 60.7 cm³/mol. The highest BCUT2D eigenvalue weighted by atomic mass is 35.5. The molecule has 0 aliphatic heterocycles. The van der Waals surface area contributed by atoms with Crippen LogP contribution >= 0.6 is 11.6 Å². The van der Waals surface area contributed by atoms with Crippen molar-refractivity contribution in [1.82, 2.24) is 9.97 Å². The highest BCUT2D eigenvalue weighted by molar-refractivity contribution is 6.28. The van der Waals surface area contributed by atoms with E-state index in [2.05, 4.69) is 9.97 Å². The Labute approximate surface area is 99.9 Å². The number of hydrogen-bond acceptors (Lipinski definition) is 4. The van der Waals surface area contributed by atoms with Gasteiger partial charge in [-0.25, -0.2) is 4.98 Å². The van der Waals surface area contributed by atoms with E-state index in [9.17, 15) is 0 Å². The number of aromatic nitrogens is 2. The number of rotatable bonds is 3. The zero-order chi connectivity index (χ0) is 11.4. The number of ether oxygens (including phenoxy) is 2. The van der Waals surface area contributed by atoms with Crippen molar-refractivity contribution in [2.45, 2.75) is 37.9 Å². The van der Waals surface area contributed by atoms with Gasteiger partial charge >= 0.3 is 0 Å². The standard InChI is InChI=1S/C11H15ClN2O2/c1-15-8-3-2-4-9(7-8)16-10-5-6-13-11(12)14-10/h5-6,8-9H,2-4,7H2,1H3. The van der Waals surface area contributed by atoms with Crippen LogP contribution in [0.3, 0.4) is 0 Å². The minimum atomic E-state index is 0.171. The highest BCUT2D eigenvalue weighted by Crippen LogP contribution is 2.24. The smallest absolute Gasteiger partial charge is 0.225 e. The summed E-state index contributed by atoms with van der Waals surface area (Å²) in [5.41, 5.74) is 0. The molecule has 5 heteroatoms. The molecule has 1 aromatic heterocycles. The molecule has 2 atom stereocenters. The SMILES string of the molecule is COC1CCCC(Oc2ccnc(Cl)n2)C1. The van der Waals surface area contributed by atoms with Gasteiger partial charge in [-0.2, -0.15) is 4.98 Å². The Bertz CT molecular complexity index is 349. The molecule has 0 aromatic carbocycles. The molecule has 0 N–H and O–H groups in total. The van der Waals surface area contributed by atoms with Gasteiger partial charge in [-0.05, 0) is 30.9 Å². The second-order valence-corrected chi connectivity index (χ2v) is 4.27. The maximum absolute atomic E-state index is 5.75. The Morgan fingerprint density at radius 1 is 1.38 bits per heavy atom. The van der Waals surface area contributed by atoms with Crippen LogP contribution < -0.4 is 4.74 Å². The maximum Gasteiger partial charge on any atom is 0.225 e. The van der Waals surface area contributed by atoms with Gasteiger partial charge in [-0.3, -0.25) is 0 Å². The third-order valence-electron chi connectivity index (χ3n) is 2.80. The Morgan fingerprint density at radius 2 is 2.19 bits per heavy atom. The van der Waals surface area contributed by atoms with E-state index in [1.165, 1.54) is 0 Å². The summed E-state index contributed by atoms with van der Waals surface area (Å²) in [5, 5.41) is 0.219. The summed E-state index contributed by atoms with van der Waals surface area (Å²) >= 11 is 5.69. The van der Waals surface area contributed by atoms with Crippen LogP contribution in [-0.4, -0.2) is 29.3 Å². The lowest BCUT2D eigenvalue weighted by atomic mass is 9.95. The van der Waals surface area contributed by atoms with Crippen molar-refractivity contribution in [1.29, 1.82) is 0 Å². The van der Waals surface area contributed by atoms with E-state index in [0.29, 0.717) is 12.0 Å². The Hall–Kier alpha value is -0.870. The van der Waals surface area contributed by atoms with Gasteiger partial charge in [0.2, 0.25) is 11.2 Å². The predicted octanol–water partition coefficient (Wildman–Crippen LogP) is 2.47. The molecule has 1 heterocycles. The zero-order valence-electron chi connectivity index (χ0n) is 9.23. The summed E-state index contributed by atoms with van der Waals surface area (Å²) in [5.74, 6) is 0.543. The van der Waals surface area contributed by atoms with Crippen molar-refractivity contribution < 1.29 is 9.47 Å². The number of hydrogen-bond donors (Lipinski definition) is 0. The molecule has 1 aliphatic carbocycles. The number of halogens is 1. The van der Waals surface area contributed by atoms with Crippen LogP contribution in [0, 0.1) is 0 Å². The molecule has 2 unspecified atom stereocenters. The Kier molecular flexibility index (Phi) is 3.96. The van der Waals surface area contributed by atoms with Crippen molar-refractivity contribution in [3.63, 3.8) is 0 Å². The van der Waals surface area contributed by atoms with E-state index >= 15 is 0 Å². The quantitative estimate of drug-likeness (QED) is 0.764. The monoisotopic (exact) mass is 242 g/mol. The van der Waals surface area contributed by atoms with Crippen molar-refractivity contribution in [2.75, 3.05) is 7.11 Å². The van der Waals surface area contributed by atoms with E-state index in [4.69, 9.17) is 21.1 Å². The van der Waals surface area contributed by atoms with Gasteiger partial charge < -0.3 is 9.47 Å². The fourth-order valence-electron chi connectivity index (χ4n) is 1.98. The molecule has 0 bridgehead atoms. The lowest BCUT2D eigenvalue weighted by Gasteiger charge is -2.28. The summed E-state index contributed by atoms with van der Waals surface area (Å²) in [4.78, 5) is 7.82. The van der Waals surface area contributed by atoms with Crippen molar-refractivity contribution in [2.24, 2.45) is 0 Å². The van der Waals surface area contributed by atoms with Gasteiger partial charge in [0, 0.05) is 25.8 Å². The molecule has 2 rings (SSSR count). The maximum atomic E-state index is 5.75. The molecule has 0 amide bonds. The van der Waals surface area contributed by atoms with Gasteiger partial charge in [0.25, 0.3) is 0 Å². The van der Waals surface area contributed by atoms with Crippen molar-refractivity contribution in [3.8, 4) is 5.88 Å². The normalized spacial score (nSPS) is 25.4. The summed E-state index contributed by atoms with van der Waals surface area (Å²) in [6.07, 6.45) is 6.27. The molecule has 1 aliphatic rings. The minimum absolute atomic E-state index is 0.171. The molecule has 4 nitrogen and oxygen atoms in total. The summed E-state index contributed by atoms with van der Waals surface area (Å²) in [6, 6.07) is 1.72. The summed E-state index contributed by atoms with van der Waals surface area (Å²) < 4.78 is 11.1. The number of nitrogens with zero attached hydrogens (tertiary/aromatic N) is 2.